The zero-order chi connectivity index (χ0) is 15.0. The molecule has 0 spiro atoms. The van der Waals surface area contributed by atoms with Crippen LogP contribution in [-0.2, 0) is 0 Å². The minimum atomic E-state index is 0.529. The van der Waals surface area contributed by atoms with Crippen LogP contribution in [0.25, 0.3) is 21.8 Å². The molecule has 1 aromatic heterocycles. The number of hydrogen-bond donors (Lipinski definition) is 0. The highest BCUT2D eigenvalue weighted by Crippen LogP contribution is 2.34. The summed E-state index contributed by atoms with van der Waals surface area (Å²) in [5.74, 6) is 0.625. The molecule has 110 valence electrons. The Balaban J connectivity index is 2.35. The molecule has 0 amide bonds. The Bertz CT molecular complexity index is 766. The van der Waals surface area contributed by atoms with Crippen molar-refractivity contribution in [1.29, 1.82) is 0 Å². The lowest BCUT2D eigenvalue weighted by molar-refractivity contribution is 0.563. The fraction of sp³-hybridized carbons (Fsp3) is 0.400. The van der Waals surface area contributed by atoms with Crippen LogP contribution in [0.1, 0.15) is 58.1 Å². The van der Waals surface area contributed by atoms with Crippen LogP contribution in [0.3, 0.4) is 0 Å². The van der Waals surface area contributed by atoms with Gasteiger partial charge in [0.2, 0.25) is 0 Å². The summed E-state index contributed by atoms with van der Waals surface area (Å²) in [6.07, 6.45) is 2.34. The van der Waals surface area contributed by atoms with Crippen molar-refractivity contribution in [2.24, 2.45) is 0 Å². The first-order chi connectivity index (χ1) is 10.2. The molecule has 0 N–H and O–H groups in total. The summed E-state index contributed by atoms with van der Waals surface area (Å²) in [5.41, 5.74) is 4.19. The van der Waals surface area contributed by atoms with Crippen LogP contribution >= 0.6 is 0 Å². The van der Waals surface area contributed by atoms with Gasteiger partial charge < -0.3 is 4.57 Å². The molecule has 0 saturated carbocycles. The smallest absolute Gasteiger partial charge is 0.0494 e. The predicted octanol–water partition coefficient (Wildman–Crippen LogP) is 6.28. The fourth-order valence-electron chi connectivity index (χ4n) is 3.22. The highest BCUT2D eigenvalue weighted by molar-refractivity contribution is 6.08. The van der Waals surface area contributed by atoms with Gasteiger partial charge in [-0.25, -0.2) is 0 Å². The monoisotopic (exact) mass is 279 g/mol. The van der Waals surface area contributed by atoms with E-state index in [1.807, 2.05) is 0 Å². The summed E-state index contributed by atoms with van der Waals surface area (Å²) >= 11 is 0. The quantitative estimate of drug-likeness (QED) is 0.529. The lowest BCUT2D eigenvalue weighted by atomic mass is 9.97. The maximum atomic E-state index is 2.51. The van der Waals surface area contributed by atoms with Gasteiger partial charge in [0.15, 0.2) is 0 Å². The number of para-hydroxylation sites is 1. The summed E-state index contributed by atoms with van der Waals surface area (Å²) in [6, 6.07) is 16.4. The topological polar surface area (TPSA) is 4.93 Å². The van der Waals surface area contributed by atoms with E-state index in [1.165, 1.54) is 33.8 Å². The molecule has 1 heteroatoms. The molecule has 0 bridgehead atoms. The molecular formula is C20H25N. The van der Waals surface area contributed by atoms with Crippen LogP contribution in [0.15, 0.2) is 42.5 Å². The lowest BCUT2D eigenvalue weighted by Crippen LogP contribution is -2.03. The Morgan fingerprint density at radius 1 is 0.857 bits per heavy atom. The third kappa shape index (κ3) is 2.25. The Morgan fingerprint density at radius 2 is 1.57 bits per heavy atom. The molecule has 3 aromatic rings. The van der Waals surface area contributed by atoms with Crippen molar-refractivity contribution in [2.75, 3.05) is 0 Å². The van der Waals surface area contributed by atoms with Gasteiger partial charge in [0.05, 0.1) is 0 Å². The van der Waals surface area contributed by atoms with E-state index in [4.69, 9.17) is 0 Å². The molecule has 3 rings (SSSR count). The average molecular weight is 279 g/mol. The zero-order valence-corrected chi connectivity index (χ0v) is 13.6. The zero-order valence-electron chi connectivity index (χ0n) is 13.6. The SMILES string of the molecule is CCC(C)c1ccc2c(c1)c1ccccc1n2C(C)CC. The van der Waals surface area contributed by atoms with Gasteiger partial charge in [-0.2, -0.15) is 0 Å². The van der Waals surface area contributed by atoms with Crippen molar-refractivity contribution in [3.63, 3.8) is 0 Å². The van der Waals surface area contributed by atoms with Crippen LogP contribution < -0.4 is 0 Å². The molecule has 2 unspecified atom stereocenters. The van der Waals surface area contributed by atoms with Gasteiger partial charge in [-0.1, -0.05) is 45.0 Å². The number of nitrogens with zero attached hydrogens (tertiary/aromatic N) is 1. The Hall–Kier alpha value is -1.76. The first-order valence-corrected chi connectivity index (χ1v) is 8.19. The molecule has 0 aliphatic carbocycles. The van der Waals surface area contributed by atoms with Gasteiger partial charge in [-0.05, 0) is 49.4 Å². The Morgan fingerprint density at radius 3 is 2.29 bits per heavy atom. The molecule has 0 radical (unpaired) electrons. The van der Waals surface area contributed by atoms with Crippen molar-refractivity contribution >= 4 is 21.8 Å². The molecule has 2 aromatic carbocycles. The van der Waals surface area contributed by atoms with Crippen molar-refractivity contribution in [3.05, 3.63) is 48.0 Å². The van der Waals surface area contributed by atoms with Crippen LogP contribution in [0.5, 0.6) is 0 Å². The Kier molecular flexibility index (Phi) is 3.75. The summed E-state index contributed by atoms with van der Waals surface area (Å²) in [7, 11) is 0. The van der Waals surface area contributed by atoms with E-state index in [0.717, 1.165) is 6.42 Å². The van der Waals surface area contributed by atoms with Crippen LogP contribution in [-0.4, -0.2) is 4.57 Å². The van der Waals surface area contributed by atoms with E-state index in [9.17, 15) is 0 Å². The third-order valence-electron chi connectivity index (χ3n) is 4.95. The number of benzene rings is 2. The maximum Gasteiger partial charge on any atom is 0.0494 e. The van der Waals surface area contributed by atoms with Gasteiger partial charge in [0.1, 0.15) is 0 Å². The minimum Gasteiger partial charge on any atom is -0.338 e. The third-order valence-corrected chi connectivity index (χ3v) is 4.95. The molecule has 2 atom stereocenters. The minimum absolute atomic E-state index is 0.529. The summed E-state index contributed by atoms with van der Waals surface area (Å²) in [4.78, 5) is 0. The summed E-state index contributed by atoms with van der Waals surface area (Å²) in [6.45, 7) is 9.15. The molecule has 1 nitrogen and oxygen atoms in total. The van der Waals surface area contributed by atoms with Gasteiger partial charge in [0, 0.05) is 27.8 Å². The molecule has 0 aliphatic heterocycles. The largest absolute Gasteiger partial charge is 0.338 e. The number of aromatic nitrogens is 1. The maximum absolute atomic E-state index is 2.51. The Labute approximate surface area is 127 Å². The first-order valence-electron chi connectivity index (χ1n) is 8.19. The van der Waals surface area contributed by atoms with E-state index in [-0.39, 0.29) is 0 Å². The van der Waals surface area contributed by atoms with Gasteiger partial charge in [0.25, 0.3) is 0 Å². The number of hydrogen-bond acceptors (Lipinski definition) is 0. The predicted molar refractivity (Wildman–Crippen MR) is 93.2 cm³/mol. The number of fused-ring (bicyclic) bond motifs is 3. The van der Waals surface area contributed by atoms with Crippen LogP contribution in [0, 0.1) is 0 Å². The lowest BCUT2D eigenvalue weighted by Gasteiger charge is -2.15. The molecule has 0 fully saturated rings. The second kappa shape index (κ2) is 5.55. The first kappa shape index (κ1) is 14.2. The molecule has 0 saturated heterocycles. The highest BCUT2D eigenvalue weighted by atomic mass is 15.0. The molecular weight excluding hydrogens is 254 g/mol. The van der Waals surface area contributed by atoms with Crippen molar-refractivity contribution in [1.82, 2.24) is 4.57 Å². The standard InChI is InChI=1S/C20H25N/c1-5-14(3)16-11-12-20-18(13-16)17-9-7-8-10-19(17)21(20)15(4)6-2/h7-15H,5-6H2,1-4H3. The summed E-state index contributed by atoms with van der Waals surface area (Å²) < 4.78 is 2.51. The summed E-state index contributed by atoms with van der Waals surface area (Å²) in [5, 5.41) is 2.79. The van der Waals surface area contributed by atoms with E-state index in [0.29, 0.717) is 12.0 Å². The van der Waals surface area contributed by atoms with E-state index in [2.05, 4.69) is 74.7 Å². The van der Waals surface area contributed by atoms with Crippen molar-refractivity contribution < 1.29 is 0 Å². The van der Waals surface area contributed by atoms with E-state index < -0.39 is 0 Å². The van der Waals surface area contributed by atoms with Crippen LogP contribution in [0.2, 0.25) is 0 Å². The molecule has 1 heterocycles. The molecule has 0 aliphatic rings. The number of rotatable bonds is 4. The second-order valence-corrected chi connectivity index (χ2v) is 6.23. The van der Waals surface area contributed by atoms with Gasteiger partial charge in [-0.3, -0.25) is 0 Å². The van der Waals surface area contributed by atoms with Crippen LogP contribution in [0.4, 0.5) is 0 Å². The second-order valence-electron chi connectivity index (χ2n) is 6.23. The van der Waals surface area contributed by atoms with Gasteiger partial charge >= 0.3 is 0 Å². The van der Waals surface area contributed by atoms with Crippen molar-refractivity contribution in [3.8, 4) is 0 Å². The average Bonchev–Trinajstić information content (AvgIpc) is 2.87. The van der Waals surface area contributed by atoms with Crippen molar-refractivity contribution in [2.45, 2.75) is 52.5 Å². The highest BCUT2D eigenvalue weighted by Gasteiger charge is 2.15. The molecule has 21 heavy (non-hydrogen) atoms. The van der Waals surface area contributed by atoms with E-state index >= 15 is 0 Å². The van der Waals surface area contributed by atoms with Gasteiger partial charge in [-0.15, -0.1) is 0 Å². The normalized spacial score (nSPS) is 14.7. The van der Waals surface area contributed by atoms with E-state index in [1.54, 1.807) is 0 Å². The fourth-order valence-corrected chi connectivity index (χ4v) is 3.22.